The van der Waals surface area contributed by atoms with Crippen molar-refractivity contribution in [1.29, 1.82) is 0 Å². The Morgan fingerprint density at radius 2 is 1.69 bits per heavy atom. The van der Waals surface area contributed by atoms with Gasteiger partial charge in [0.2, 0.25) is 15.9 Å². The molecule has 0 fully saturated rings. The molecule has 0 atom stereocenters. The summed E-state index contributed by atoms with van der Waals surface area (Å²) in [5.41, 5.74) is 2.21. The van der Waals surface area contributed by atoms with Crippen molar-refractivity contribution in [3.63, 3.8) is 0 Å². The molecule has 0 spiro atoms. The van der Waals surface area contributed by atoms with E-state index in [0.717, 1.165) is 5.56 Å². The summed E-state index contributed by atoms with van der Waals surface area (Å²) in [6.07, 6.45) is 2.34. The smallest absolute Gasteiger partial charge is 0.224 e. The second-order valence-electron chi connectivity index (χ2n) is 6.33. The Morgan fingerprint density at radius 1 is 1.03 bits per heavy atom. The molecule has 0 aromatic heterocycles. The normalized spacial score (nSPS) is 11.0. The lowest BCUT2D eigenvalue weighted by atomic mass is 10.1. The molecule has 1 amide bonds. The van der Waals surface area contributed by atoms with Crippen LogP contribution < -0.4 is 19.5 Å². The topological polar surface area (TPSA) is 93.7 Å². The van der Waals surface area contributed by atoms with E-state index in [-0.39, 0.29) is 18.2 Å². The Kier molecular flexibility index (Phi) is 8.23. The predicted molar refractivity (Wildman–Crippen MR) is 114 cm³/mol. The molecule has 2 rings (SSSR count). The van der Waals surface area contributed by atoms with E-state index in [1.54, 1.807) is 38.5 Å². The van der Waals surface area contributed by atoms with E-state index in [2.05, 4.69) is 16.6 Å². The maximum atomic E-state index is 12.2. The van der Waals surface area contributed by atoms with Crippen LogP contribution in [0.4, 0.5) is 5.69 Å². The average Bonchev–Trinajstić information content (AvgIpc) is 2.71. The van der Waals surface area contributed by atoms with Crippen LogP contribution in [0.2, 0.25) is 0 Å². The first-order valence-corrected chi connectivity index (χ1v) is 10.7. The highest BCUT2D eigenvalue weighted by atomic mass is 32.2. The number of benzene rings is 2. The SMILES string of the molecule is C=CCNS(=O)(=O)Cc1ccc(NC(=O)CCc2ccc(OC)c(OC)c2)cc1. The van der Waals surface area contributed by atoms with Gasteiger partial charge >= 0.3 is 0 Å². The zero-order valence-corrected chi connectivity index (χ0v) is 17.4. The fourth-order valence-electron chi connectivity index (χ4n) is 2.66. The molecule has 0 saturated heterocycles. The van der Waals surface area contributed by atoms with Crippen LogP contribution in [-0.2, 0) is 27.0 Å². The zero-order chi connectivity index (χ0) is 21.3. The Morgan fingerprint density at radius 3 is 2.31 bits per heavy atom. The standard InChI is InChI=1S/C21H26N2O5S/c1-4-13-22-29(25,26)15-17-5-9-18(10-6-17)23-21(24)12-8-16-7-11-19(27-2)20(14-16)28-3/h4-7,9-11,14,22H,1,8,12-13,15H2,2-3H3,(H,23,24). The van der Waals surface area contributed by atoms with Crippen LogP contribution in [0.3, 0.4) is 0 Å². The second-order valence-corrected chi connectivity index (χ2v) is 8.14. The van der Waals surface area contributed by atoms with Crippen molar-refractivity contribution in [2.75, 3.05) is 26.1 Å². The molecular weight excluding hydrogens is 392 g/mol. The number of ether oxygens (including phenoxy) is 2. The van der Waals surface area contributed by atoms with Crippen LogP contribution >= 0.6 is 0 Å². The summed E-state index contributed by atoms with van der Waals surface area (Å²) in [7, 11) is -0.269. The molecule has 0 heterocycles. The van der Waals surface area contributed by atoms with E-state index < -0.39 is 10.0 Å². The van der Waals surface area contributed by atoms with Crippen molar-refractivity contribution < 1.29 is 22.7 Å². The third kappa shape index (κ3) is 7.24. The minimum atomic E-state index is -3.41. The molecule has 156 valence electrons. The molecule has 0 aliphatic carbocycles. The minimum Gasteiger partial charge on any atom is -0.493 e. The van der Waals surface area contributed by atoms with E-state index >= 15 is 0 Å². The van der Waals surface area contributed by atoms with Crippen molar-refractivity contribution in [3.05, 3.63) is 66.2 Å². The fourth-order valence-corrected chi connectivity index (χ4v) is 3.76. The lowest BCUT2D eigenvalue weighted by molar-refractivity contribution is -0.116. The van der Waals surface area contributed by atoms with Gasteiger partial charge in [-0.3, -0.25) is 4.79 Å². The summed E-state index contributed by atoms with van der Waals surface area (Å²) in [6.45, 7) is 3.67. The number of carbonyl (C=O) groups excluding carboxylic acids is 1. The highest BCUT2D eigenvalue weighted by Gasteiger charge is 2.11. The quantitative estimate of drug-likeness (QED) is 0.547. The van der Waals surface area contributed by atoms with Crippen LogP contribution in [0.25, 0.3) is 0 Å². The van der Waals surface area contributed by atoms with Gasteiger partial charge in [0.05, 0.1) is 20.0 Å². The minimum absolute atomic E-state index is 0.131. The third-order valence-electron chi connectivity index (χ3n) is 4.13. The van der Waals surface area contributed by atoms with E-state index in [9.17, 15) is 13.2 Å². The molecule has 0 aliphatic heterocycles. The summed E-state index contributed by atoms with van der Waals surface area (Å²) in [5.74, 6) is 1.00. The molecule has 8 heteroatoms. The predicted octanol–water partition coefficient (Wildman–Crippen LogP) is 2.88. The summed E-state index contributed by atoms with van der Waals surface area (Å²) >= 11 is 0. The van der Waals surface area contributed by atoms with Crippen molar-refractivity contribution in [2.24, 2.45) is 0 Å². The largest absolute Gasteiger partial charge is 0.493 e. The Hall–Kier alpha value is -2.84. The molecule has 0 aliphatic rings. The maximum Gasteiger partial charge on any atom is 0.224 e. The van der Waals surface area contributed by atoms with Crippen LogP contribution in [0, 0.1) is 0 Å². The lowest BCUT2D eigenvalue weighted by Gasteiger charge is -2.10. The Balaban J connectivity index is 1.88. The summed E-state index contributed by atoms with van der Waals surface area (Å²) in [5, 5.41) is 2.81. The second kappa shape index (κ2) is 10.6. The molecule has 7 nitrogen and oxygen atoms in total. The number of methoxy groups -OCH3 is 2. The molecule has 0 saturated carbocycles. The molecular formula is C21H26N2O5S. The van der Waals surface area contributed by atoms with Crippen molar-refractivity contribution in [2.45, 2.75) is 18.6 Å². The molecule has 2 aromatic carbocycles. The monoisotopic (exact) mass is 418 g/mol. The van der Waals surface area contributed by atoms with Crippen molar-refractivity contribution >= 4 is 21.6 Å². The highest BCUT2D eigenvalue weighted by molar-refractivity contribution is 7.88. The fraction of sp³-hybridized carbons (Fsp3) is 0.286. The summed E-state index contributed by atoms with van der Waals surface area (Å²) < 4.78 is 36.7. The summed E-state index contributed by atoms with van der Waals surface area (Å²) in [4.78, 5) is 12.2. The van der Waals surface area contributed by atoms with Crippen LogP contribution in [0.1, 0.15) is 17.5 Å². The van der Waals surface area contributed by atoms with E-state index in [4.69, 9.17) is 9.47 Å². The number of sulfonamides is 1. The van der Waals surface area contributed by atoms with Crippen LogP contribution in [-0.4, -0.2) is 35.1 Å². The molecule has 0 bridgehead atoms. The van der Waals surface area contributed by atoms with Crippen LogP contribution in [0.15, 0.2) is 55.1 Å². The third-order valence-corrected chi connectivity index (χ3v) is 5.45. The highest BCUT2D eigenvalue weighted by Crippen LogP contribution is 2.28. The first kappa shape index (κ1) is 22.4. The molecule has 0 radical (unpaired) electrons. The van der Waals surface area contributed by atoms with Gasteiger partial charge in [-0.15, -0.1) is 6.58 Å². The number of hydrogen-bond donors (Lipinski definition) is 2. The number of nitrogens with one attached hydrogen (secondary N) is 2. The van der Waals surface area contributed by atoms with Gasteiger partial charge in [0.1, 0.15) is 0 Å². The first-order chi connectivity index (χ1) is 13.9. The van der Waals surface area contributed by atoms with Gasteiger partial charge in [-0.1, -0.05) is 24.3 Å². The van der Waals surface area contributed by atoms with Gasteiger partial charge in [0, 0.05) is 18.7 Å². The van der Waals surface area contributed by atoms with E-state index in [0.29, 0.717) is 35.6 Å². The number of anilines is 1. The number of hydrogen-bond acceptors (Lipinski definition) is 5. The first-order valence-electron chi connectivity index (χ1n) is 9.05. The molecule has 29 heavy (non-hydrogen) atoms. The van der Waals surface area contributed by atoms with Gasteiger partial charge in [-0.05, 0) is 41.8 Å². The maximum absolute atomic E-state index is 12.2. The van der Waals surface area contributed by atoms with E-state index in [1.807, 2.05) is 18.2 Å². The molecule has 2 N–H and O–H groups in total. The number of rotatable bonds is 11. The average molecular weight is 419 g/mol. The molecule has 0 unspecified atom stereocenters. The number of amides is 1. The van der Waals surface area contributed by atoms with Gasteiger partial charge < -0.3 is 14.8 Å². The lowest BCUT2D eigenvalue weighted by Crippen LogP contribution is -2.25. The summed E-state index contributed by atoms with van der Waals surface area (Å²) in [6, 6.07) is 12.3. The van der Waals surface area contributed by atoms with Gasteiger partial charge in [0.25, 0.3) is 0 Å². The van der Waals surface area contributed by atoms with Crippen LogP contribution in [0.5, 0.6) is 11.5 Å². The van der Waals surface area contributed by atoms with Gasteiger partial charge in [-0.2, -0.15) is 0 Å². The molecule has 2 aromatic rings. The van der Waals surface area contributed by atoms with Crippen molar-refractivity contribution in [1.82, 2.24) is 4.72 Å². The van der Waals surface area contributed by atoms with E-state index in [1.165, 1.54) is 6.08 Å². The Bertz CT molecular complexity index is 940. The number of aryl methyl sites for hydroxylation is 1. The van der Waals surface area contributed by atoms with Gasteiger partial charge in [-0.25, -0.2) is 13.1 Å². The number of carbonyl (C=O) groups is 1. The zero-order valence-electron chi connectivity index (χ0n) is 16.6. The Labute approximate surface area is 171 Å². The van der Waals surface area contributed by atoms with Gasteiger partial charge in [0.15, 0.2) is 11.5 Å². The van der Waals surface area contributed by atoms with Crippen molar-refractivity contribution in [3.8, 4) is 11.5 Å².